The minimum atomic E-state index is -4.36. The Bertz CT molecular complexity index is 454. The molecule has 2 rings (SSSR count). The monoisotopic (exact) mass is 452 g/mol. The number of fused-ring (bicyclic) bond motifs is 1. The fraction of sp³-hybridized carbons (Fsp3) is 0.200. The van der Waals surface area contributed by atoms with Crippen molar-refractivity contribution in [3.63, 3.8) is 0 Å². The quantitative estimate of drug-likeness (QED) is 0.536. The average Bonchev–Trinajstić information content (AvgIpc) is 2.15. The summed E-state index contributed by atoms with van der Waals surface area (Å²) in [6.07, 6.45) is -3.70. The highest BCUT2D eigenvalue weighted by atomic mass is 127. The van der Waals surface area contributed by atoms with Gasteiger partial charge < -0.3 is 4.74 Å². The molecule has 6 heteroatoms. The molecule has 1 heterocycles. The number of ether oxygens (including phenoxy) is 1. The lowest BCUT2D eigenvalue weighted by atomic mass is 10.1. The third kappa shape index (κ3) is 2.47. The van der Waals surface area contributed by atoms with Gasteiger partial charge in [0.25, 0.3) is 0 Å². The third-order valence-corrected chi connectivity index (χ3v) is 3.48. The highest BCUT2D eigenvalue weighted by Crippen LogP contribution is 2.36. The molecule has 0 amide bonds. The fourth-order valence-corrected chi connectivity index (χ4v) is 3.38. The van der Waals surface area contributed by atoms with Crippen LogP contribution in [0.15, 0.2) is 18.2 Å². The van der Waals surface area contributed by atoms with E-state index >= 15 is 0 Å². The van der Waals surface area contributed by atoms with Gasteiger partial charge in [-0.2, -0.15) is 13.2 Å². The normalized spacial score (nSPS) is 19.2. The van der Waals surface area contributed by atoms with Crippen LogP contribution in [-0.4, -0.2) is 12.3 Å². The van der Waals surface area contributed by atoms with E-state index in [1.54, 1.807) is 12.1 Å². The smallest absolute Gasteiger partial charge is 0.429 e. The second-order valence-electron chi connectivity index (χ2n) is 3.25. The van der Waals surface area contributed by atoms with Crippen LogP contribution in [0.25, 0.3) is 6.08 Å². The zero-order chi connectivity index (χ0) is 11.9. The molecule has 16 heavy (non-hydrogen) atoms. The molecule has 0 N–H and O–H groups in total. The van der Waals surface area contributed by atoms with E-state index in [2.05, 4.69) is 22.6 Å². The van der Waals surface area contributed by atoms with Gasteiger partial charge in [-0.25, -0.2) is 0 Å². The van der Waals surface area contributed by atoms with E-state index in [0.29, 0.717) is 14.9 Å². The second kappa shape index (κ2) is 4.35. The SMILES string of the molecule is FC(F)(F)C1C=Cc2cc(I)cc(I)c2O1. The lowest BCUT2D eigenvalue weighted by Gasteiger charge is -2.24. The summed E-state index contributed by atoms with van der Waals surface area (Å²) in [7, 11) is 0. The molecule has 1 aromatic rings. The molecule has 1 aliphatic heterocycles. The molecule has 0 aliphatic carbocycles. The van der Waals surface area contributed by atoms with Crippen molar-refractivity contribution >= 4 is 51.3 Å². The van der Waals surface area contributed by atoms with Crippen LogP contribution in [0.4, 0.5) is 13.2 Å². The summed E-state index contributed by atoms with van der Waals surface area (Å²) in [5.41, 5.74) is 0.691. The first kappa shape index (κ1) is 12.5. The molecule has 0 radical (unpaired) electrons. The van der Waals surface area contributed by atoms with Gasteiger partial charge in [-0.05, 0) is 63.4 Å². The molecule has 1 atom stereocenters. The van der Waals surface area contributed by atoms with Gasteiger partial charge in [0.05, 0.1) is 3.57 Å². The molecule has 1 nitrogen and oxygen atoms in total. The van der Waals surface area contributed by atoms with Crippen molar-refractivity contribution in [2.75, 3.05) is 0 Å². The average molecular weight is 452 g/mol. The molecule has 0 aromatic heterocycles. The molecule has 1 aliphatic rings. The van der Waals surface area contributed by atoms with Crippen LogP contribution in [-0.2, 0) is 0 Å². The Morgan fingerprint density at radius 3 is 2.50 bits per heavy atom. The summed E-state index contributed by atoms with van der Waals surface area (Å²) in [5, 5.41) is 0. The van der Waals surface area contributed by atoms with E-state index in [1.165, 1.54) is 6.08 Å². The molecular weight excluding hydrogens is 447 g/mol. The highest BCUT2D eigenvalue weighted by Gasteiger charge is 2.41. The van der Waals surface area contributed by atoms with Crippen molar-refractivity contribution in [2.24, 2.45) is 0 Å². The third-order valence-electron chi connectivity index (χ3n) is 2.06. The topological polar surface area (TPSA) is 9.23 Å². The lowest BCUT2D eigenvalue weighted by molar-refractivity contribution is -0.180. The number of hydrogen-bond acceptors (Lipinski definition) is 1. The molecule has 1 aromatic carbocycles. The number of hydrogen-bond donors (Lipinski definition) is 0. The van der Waals surface area contributed by atoms with E-state index in [0.717, 1.165) is 9.65 Å². The standard InChI is InChI=1S/C10H5F3I2O/c11-10(12,13)8-2-1-5-3-6(14)4-7(15)9(5)16-8/h1-4,8H. The minimum absolute atomic E-state index is 0.311. The van der Waals surface area contributed by atoms with Gasteiger partial charge in [0.1, 0.15) is 5.75 Å². The number of benzene rings is 1. The Morgan fingerprint density at radius 2 is 1.88 bits per heavy atom. The Hall–Kier alpha value is 0.01000. The molecular formula is C10H5F3I2O. The van der Waals surface area contributed by atoms with Crippen molar-refractivity contribution < 1.29 is 17.9 Å². The first-order valence-corrected chi connectivity index (χ1v) is 6.44. The van der Waals surface area contributed by atoms with Crippen LogP contribution < -0.4 is 4.74 Å². The summed E-state index contributed by atoms with van der Waals surface area (Å²) in [6, 6.07) is 3.58. The highest BCUT2D eigenvalue weighted by molar-refractivity contribution is 14.1. The Morgan fingerprint density at radius 1 is 1.19 bits per heavy atom. The molecule has 1 unspecified atom stereocenters. The van der Waals surface area contributed by atoms with Crippen LogP contribution in [0.3, 0.4) is 0 Å². The lowest BCUT2D eigenvalue weighted by Crippen LogP contribution is -2.34. The van der Waals surface area contributed by atoms with E-state index in [-0.39, 0.29) is 0 Å². The van der Waals surface area contributed by atoms with Gasteiger partial charge in [-0.3, -0.25) is 0 Å². The summed E-state index contributed by atoms with van der Waals surface area (Å²) in [5.74, 6) is 0.311. The number of rotatable bonds is 0. The zero-order valence-electron chi connectivity index (χ0n) is 7.68. The fourth-order valence-electron chi connectivity index (χ4n) is 1.36. The summed E-state index contributed by atoms with van der Waals surface area (Å²) in [6.45, 7) is 0. The van der Waals surface area contributed by atoms with E-state index < -0.39 is 12.3 Å². The van der Waals surface area contributed by atoms with Gasteiger partial charge in [0.2, 0.25) is 6.10 Å². The van der Waals surface area contributed by atoms with Gasteiger partial charge >= 0.3 is 6.18 Å². The van der Waals surface area contributed by atoms with Crippen LogP contribution in [0, 0.1) is 7.14 Å². The van der Waals surface area contributed by atoms with Crippen molar-refractivity contribution in [3.8, 4) is 5.75 Å². The molecule has 0 fully saturated rings. The van der Waals surface area contributed by atoms with Crippen molar-refractivity contribution in [3.05, 3.63) is 30.9 Å². The Balaban J connectivity index is 2.42. The van der Waals surface area contributed by atoms with Crippen LogP contribution in [0.2, 0.25) is 0 Å². The van der Waals surface area contributed by atoms with E-state index in [1.807, 2.05) is 22.6 Å². The Labute approximate surface area is 117 Å². The number of alkyl halides is 3. The molecule has 0 saturated carbocycles. The van der Waals surface area contributed by atoms with Gasteiger partial charge in [0.15, 0.2) is 0 Å². The predicted octanol–water partition coefficient (Wildman–Crippen LogP) is 4.23. The van der Waals surface area contributed by atoms with Crippen molar-refractivity contribution in [1.29, 1.82) is 0 Å². The summed E-state index contributed by atoms with van der Waals surface area (Å²) >= 11 is 4.09. The first-order valence-electron chi connectivity index (χ1n) is 4.28. The van der Waals surface area contributed by atoms with Crippen LogP contribution in [0.5, 0.6) is 5.75 Å². The van der Waals surface area contributed by atoms with Crippen molar-refractivity contribution in [2.45, 2.75) is 12.3 Å². The minimum Gasteiger partial charge on any atom is -0.475 e. The maximum absolute atomic E-state index is 12.5. The zero-order valence-corrected chi connectivity index (χ0v) is 12.0. The molecule has 0 spiro atoms. The predicted molar refractivity (Wildman–Crippen MR) is 71.4 cm³/mol. The van der Waals surface area contributed by atoms with E-state index in [9.17, 15) is 13.2 Å². The molecule has 0 bridgehead atoms. The second-order valence-corrected chi connectivity index (χ2v) is 5.65. The maximum Gasteiger partial charge on any atom is 0.429 e. The van der Waals surface area contributed by atoms with E-state index in [4.69, 9.17) is 4.74 Å². The van der Waals surface area contributed by atoms with Crippen LogP contribution >= 0.6 is 45.2 Å². The molecule has 86 valence electrons. The summed E-state index contributed by atoms with van der Waals surface area (Å²) in [4.78, 5) is 0. The number of halogens is 5. The first-order chi connectivity index (χ1) is 7.38. The van der Waals surface area contributed by atoms with Gasteiger partial charge in [-0.15, -0.1) is 0 Å². The maximum atomic E-state index is 12.5. The van der Waals surface area contributed by atoms with Gasteiger partial charge in [0, 0.05) is 9.13 Å². The van der Waals surface area contributed by atoms with Gasteiger partial charge in [-0.1, -0.05) is 6.08 Å². The molecule has 0 saturated heterocycles. The van der Waals surface area contributed by atoms with Crippen LogP contribution in [0.1, 0.15) is 5.56 Å². The van der Waals surface area contributed by atoms with Crippen molar-refractivity contribution in [1.82, 2.24) is 0 Å². The summed E-state index contributed by atoms with van der Waals surface area (Å²) < 4.78 is 44.0. The Kier molecular flexibility index (Phi) is 3.39. The largest absolute Gasteiger partial charge is 0.475 e.